The Kier molecular flexibility index (Phi) is 6.71. The number of likely N-dealkylation sites (tertiary alicyclic amines) is 2. The third kappa shape index (κ3) is 4.95. The lowest BCUT2D eigenvalue weighted by atomic mass is 9.94. The molecule has 0 radical (unpaired) electrons. The number of anilines is 2. The number of morpholine rings is 1. The Labute approximate surface area is 223 Å². The number of hydrogen-bond acceptors (Lipinski definition) is 9. The van der Waals surface area contributed by atoms with Gasteiger partial charge >= 0.3 is 0 Å². The van der Waals surface area contributed by atoms with Crippen LogP contribution < -0.4 is 10.2 Å². The van der Waals surface area contributed by atoms with Gasteiger partial charge in [-0.25, -0.2) is 13.8 Å². The maximum Gasteiger partial charge on any atom is 0.296 e. The van der Waals surface area contributed by atoms with Crippen molar-refractivity contribution < 1.29 is 23.1 Å². The van der Waals surface area contributed by atoms with Crippen molar-refractivity contribution in [3.63, 3.8) is 0 Å². The van der Waals surface area contributed by atoms with Gasteiger partial charge in [0.1, 0.15) is 0 Å². The molecule has 0 aliphatic carbocycles. The summed E-state index contributed by atoms with van der Waals surface area (Å²) in [4.78, 5) is 47.8. The first kappa shape index (κ1) is 25.3. The Bertz CT molecular complexity index is 1390. The van der Waals surface area contributed by atoms with Crippen molar-refractivity contribution in [3.05, 3.63) is 30.1 Å². The number of para-hydroxylation sites is 2. The van der Waals surface area contributed by atoms with E-state index in [2.05, 4.69) is 25.3 Å². The van der Waals surface area contributed by atoms with E-state index in [-0.39, 0.29) is 35.7 Å². The number of hydrogen-bond donors (Lipinski definition) is 1. The van der Waals surface area contributed by atoms with E-state index in [4.69, 9.17) is 4.74 Å². The molecule has 12 nitrogen and oxygen atoms in total. The first-order chi connectivity index (χ1) is 18.9. The Hall–Kier alpha value is -3.94. The van der Waals surface area contributed by atoms with Crippen LogP contribution in [0.4, 0.5) is 20.7 Å². The Morgan fingerprint density at radius 1 is 1.05 bits per heavy atom. The van der Waals surface area contributed by atoms with Crippen molar-refractivity contribution in [2.24, 2.45) is 5.92 Å². The number of benzene rings is 1. The van der Waals surface area contributed by atoms with Crippen molar-refractivity contribution in [2.75, 3.05) is 63.2 Å². The van der Waals surface area contributed by atoms with E-state index in [1.54, 1.807) is 41.1 Å². The fourth-order valence-corrected chi connectivity index (χ4v) is 5.23. The van der Waals surface area contributed by atoms with Crippen LogP contribution in [-0.4, -0.2) is 105 Å². The molecule has 3 fully saturated rings. The van der Waals surface area contributed by atoms with Crippen molar-refractivity contribution in [1.29, 1.82) is 0 Å². The van der Waals surface area contributed by atoms with E-state index in [1.807, 2.05) is 4.90 Å². The summed E-state index contributed by atoms with van der Waals surface area (Å²) in [5, 5.41) is 3.26. The van der Waals surface area contributed by atoms with Gasteiger partial charge in [-0.2, -0.15) is 15.0 Å². The zero-order chi connectivity index (χ0) is 27.1. The van der Waals surface area contributed by atoms with E-state index < -0.39 is 12.2 Å². The molecule has 206 valence electrons. The largest absolute Gasteiger partial charge is 0.378 e. The van der Waals surface area contributed by atoms with Gasteiger partial charge in [-0.05, 0) is 18.6 Å². The lowest BCUT2D eigenvalue weighted by Gasteiger charge is -2.42. The second-order valence-electron chi connectivity index (χ2n) is 10.0. The van der Waals surface area contributed by atoms with Gasteiger partial charge in [0, 0.05) is 46.2 Å². The molecular weight excluding hydrogens is 512 g/mol. The van der Waals surface area contributed by atoms with Crippen molar-refractivity contribution in [3.8, 4) is 5.95 Å². The van der Waals surface area contributed by atoms with Crippen molar-refractivity contribution >= 4 is 34.7 Å². The number of rotatable bonds is 6. The van der Waals surface area contributed by atoms with Gasteiger partial charge in [0.05, 0.1) is 36.2 Å². The number of carbonyl (C=O) groups excluding carboxylic acids is 2. The summed E-state index contributed by atoms with van der Waals surface area (Å²) in [6.45, 7) is 3.45. The Balaban J connectivity index is 1.25. The summed E-state index contributed by atoms with van der Waals surface area (Å²) < 4.78 is 34.8. The summed E-state index contributed by atoms with van der Waals surface area (Å²) in [6.07, 6.45) is -1.90. The SMILES string of the molecule is CN1CC(C(=O)N2CC(Nc3nc(N4CCOCC4)nc(-n4c(C(F)F)nc5ccccc54)n3)C2)CCC1=O. The minimum atomic E-state index is -2.84. The molecule has 39 heavy (non-hydrogen) atoms. The number of amides is 2. The van der Waals surface area contributed by atoms with Crippen LogP contribution in [0.1, 0.15) is 25.1 Å². The molecule has 3 aliphatic heterocycles. The van der Waals surface area contributed by atoms with Gasteiger partial charge in [-0.15, -0.1) is 0 Å². The van der Waals surface area contributed by atoms with Crippen molar-refractivity contribution in [1.82, 2.24) is 34.3 Å². The summed E-state index contributed by atoms with van der Waals surface area (Å²) in [5.41, 5.74) is 0.882. The molecule has 1 atom stereocenters. The number of nitrogens with one attached hydrogen (secondary N) is 1. The molecule has 0 saturated carbocycles. The number of alkyl halides is 2. The average Bonchev–Trinajstić information content (AvgIpc) is 3.32. The minimum absolute atomic E-state index is 0.0317. The molecular formula is C25H29F2N9O3. The van der Waals surface area contributed by atoms with Gasteiger partial charge in [0.25, 0.3) is 6.43 Å². The van der Waals surface area contributed by atoms with E-state index in [1.165, 1.54) is 4.57 Å². The summed E-state index contributed by atoms with van der Waals surface area (Å²) >= 11 is 0. The maximum absolute atomic E-state index is 14.0. The highest BCUT2D eigenvalue weighted by Crippen LogP contribution is 2.28. The number of aromatic nitrogens is 5. The molecule has 6 rings (SSSR count). The van der Waals surface area contributed by atoms with E-state index in [0.29, 0.717) is 75.8 Å². The number of nitrogens with zero attached hydrogens (tertiary/aromatic N) is 8. The number of fused-ring (bicyclic) bond motifs is 1. The van der Waals surface area contributed by atoms with Gasteiger partial charge < -0.3 is 24.8 Å². The number of imidazole rings is 1. The third-order valence-electron chi connectivity index (χ3n) is 7.39. The van der Waals surface area contributed by atoms with Gasteiger partial charge in [0.2, 0.25) is 29.7 Å². The fraction of sp³-hybridized carbons (Fsp3) is 0.520. The number of halogens is 2. The van der Waals surface area contributed by atoms with Crippen LogP contribution in [0.15, 0.2) is 24.3 Å². The molecule has 1 N–H and O–H groups in total. The molecule has 14 heteroatoms. The molecule has 0 bridgehead atoms. The number of piperidine rings is 1. The number of ether oxygens (including phenoxy) is 1. The van der Waals surface area contributed by atoms with Gasteiger partial charge in [-0.1, -0.05) is 12.1 Å². The monoisotopic (exact) mass is 541 g/mol. The highest BCUT2D eigenvalue weighted by atomic mass is 19.3. The maximum atomic E-state index is 14.0. The van der Waals surface area contributed by atoms with Crippen LogP contribution in [0.2, 0.25) is 0 Å². The second-order valence-corrected chi connectivity index (χ2v) is 10.0. The molecule has 3 aromatic rings. The summed E-state index contributed by atoms with van der Waals surface area (Å²) in [5.74, 6) is 0.0739. The van der Waals surface area contributed by atoms with Crippen LogP contribution in [0.5, 0.6) is 0 Å². The average molecular weight is 542 g/mol. The highest BCUT2D eigenvalue weighted by molar-refractivity contribution is 5.84. The zero-order valence-electron chi connectivity index (χ0n) is 21.5. The van der Waals surface area contributed by atoms with Crippen LogP contribution in [-0.2, 0) is 14.3 Å². The van der Waals surface area contributed by atoms with Gasteiger partial charge in [0.15, 0.2) is 5.82 Å². The minimum Gasteiger partial charge on any atom is -0.378 e. The molecule has 1 unspecified atom stereocenters. The first-order valence-electron chi connectivity index (χ1n) is 13.0. The van der Waals surface area contributed by atoms with Crippen LogP contribution in [0.3, 0.4) is 0 Å². The standard InChI is InChI=1S/C25H29F2N9O3/c1-33-12-15(6-7-19(33)37)22(38)35-13-16(14-35)28-23-30-24(34-8-10-39-11-9-34)32-25(31-23)36-18-5-3-2-4-17(18)29-21(36)20(26)27/h2-5,15-16,20H,6-14H2,1H3,(H,28,30,31,32). The molecule has 3 aliphatic rings. The highest BCUT2D eigenvalue weighted by Gasteiger charge is 2.37. The fourth-order valence-electron chi connectivity index (χ4n) is 5.23. The molecule has 1 aromatic carbocycles. The van der Waals surface area contributed by atoms with Gasteiger partial charge in [-0.3, -0.25) is 14.2 Å². The molecule has 0 spiro atoms. The van der Waals surface area contributed by atoms with Crippen LogP contribution >= 0.6 is 0 Å². The summed E-state index contributed by atoms with van der Waals surface area (Å²) in [7, 11) is 1.72. The van der Waals surface area contributed by atoms with E-state index in [0.717, 1.165) is 0 Å². The normalized spacial score (nSPS) is 20.6. The smallest absolute Gasteiger partial charge is 0.296 e. The van der Waals surface area contributed by atoms with E-state index >= 15 is 0 Å². The van der Waals surface area contributed by atoms with Crippen molar-refractivity contribution in [2.45, 2.75) is 25.3 Å². The first-order valence-corrected chi connectivity index (χ1v) is 13.0. The lowest BCUT2D eigenvalue weighted by Crippen LogP contribution is -2.59. The molecule has 3 saturated heterocycles. The molecule has 5 heterocycles. The zero-order valence-corrected chi connectivity index (χ0v) is 21.5. The van der Waals surface area contributed by atoms with Crippen LogP contribution in [0.25, 0.3) is 17.0 Å². The Morgan fingerprint density at radius 2 is 1.79 bits per heavy atom. The Morgan fingerprint density at radius 3 is 2.54 bits per heavy atom. The quantitative estimate of drug-likeness (QED) is 0.495. The molecule has 2 aromatic heterocycles. The summed E-state index contributed by atoms with van der Waals surface area (Å²) in [6, 6.07) is 6.74. The van der Waals surface area contributed by atoms with E-state index in [9.17, 15) is 18.4 Å². The predicted octanol–water partition coefficient (Wildman–Crippen LogP) is 1.48. The number of carbonyl (C=O) groups is 2. The van der Waals surface area contributed by atoms with Crippen LogP contribution in [0, 0.1) is 5.92 Å². The topological polar surface area (TPSA) is 122 Å². The molecule has 2 amide bonds. The predicted molar refractivity (Wildman–Crippen MR) is 137 cm³/mol. The second kappa shape index (κ2) is 10.3. The third-order valence-corrected chi connectivity index (χ3v) is 7.39. The lowest BCUT2D eigenvalue weighted by molar-refractivity contribution is -0.145.